The molecule has 0 aliphatic carbocycles. The number of nitrogens with one attached hydrogen (secondary N) is 1. The molecule has 0 bridgehead atoms. The molecule has 2 atom stereocenters. The van der Waals surface area contributed by atoms with E-state index in [0.29, 0.717) is 0 Å². The third-order valence-electron chi connectivity index (χ3n) is 2.16. The van der Waals surface area contributed by atoms with Gasteiger partial charge in [-0.1, -0.05) is 0 Å². The van der Waals surface area contributed by atoms with Crippen molar-refractivity contribution in [3.63, 3.8) is 0 Å². The van der Waals surface area contributed by atoms with Gasteiger partial charge in [-0.05, 0) is 0 Å². The van der Waals surface area contributed by atoms with E-state index < -0.39 is 18.9 Å². The van der Waals surface area contributed by atoms with E-state index in [9.17, 15) is 4.79 Å². The molecule has 15 heavy (non-hydrogen) atoms. The molecule has 0 aromatic rings. The number of urea groups is 1. The highest BCUT2D eigenvalue weighted by molar-refractivity contribution is 5.77. The van der Waals surface area contributed by atoms with Crippen LogP contribution < -0.4 is 5.32 Å². The predicted molar refractivity (Wildman–Crippen MR) is 49.8 cm³/mol. The summed E-state index contributed by atoms with van der Waals surface area (Å²) in [6.45, 7) is 0. The van der Waals surface area contributed by atoms with Gasteiger partial charge in [-0.2, -0.15) is 0 Å². The van der Waals surface area contributed by atoms with Crippen LogP contribution in [-0.2, 0) is 18.9 Å². The zero-order valence-electron chi connectivity index (χ0n) is 9.22. The Balaban J connectivity index is 2.80. The Kier molecular flexibility index (Phi) is 4.28. The summed E-state index contributed by atoms with van der Waals surface area (Å²) in [6.07, 6.45) is -1.90. The van der Waals surface area contributed by atoms with Crippen LogP contribution in [0.3, 0.4) is 0 Å². The summed E-state index contributed by atoms with van der Waals surface area (Å²) in [5.41, 5.74) is 0. The lowest BCUT2D eigenvalue weighted by Gasteiger charge is -2.29. The minimum Gasteiger partial charge on any atom is -0.357 e. The SMILES string of the molecule is COC1NC(=O)N(C(OC)OC)C1OC. The molecule has 7 heteroatoms. The van der Waals surface area contributed by atoms with Gasteiger partial charge >= 0.3 is 6.03 Å². The molecule has 7 nitrogen and oxygen atoms in total. The maximum absolute atomic E-state index is 11.6. The van der Waals surface area contributed by atoms with Crippen LogP contribution in [0.15, 0.2) is 0 Å². The van der Waals surface area contributed by atoms with Crippen LogP contribution in [-0.4, -0.2) is 58.2 Å². The Morgan fingerprint density at radius 3 is 2.20 bits per heavy atom. The second kappa shape index (κ2) is 5.26. The minimum atomic E-state index is -0.796. The first-order valence-electron chi connectivity index (χ1n) is 4.39. The molecule has 1 aliphatic rings. The second-order valence-corrected chi connectivity index (χ2v) is 2.92. The molecule has 0 saturated carbocycles. The van der Waals surface area contributed by atoms with Crippen molar-refractivity contribution in [1.29, 1.82) is 0 Å². The third kappa shape index (κ3) is 2.20. The van der Waals surface area contributed by atoms with E-state index in [0.717, 1.165) is 0 Å². The first kappa shape index (κ1) is 12.2. The fourth-order valence-electron chi connectivity index (χ4n) is 1.48. The molecular formula is C8H16N2O5. The highest BCUT2D eigenvalue weighted by atomic mass is 16.7. The summed E-state index contributed by atoms with van der Waals surface area (Å²) in [5.74, 6) is 0. The van der Waals surface area contributed by atoms with Gasteiger partial charge < -0.3 is 24.3 Å². The molecule has 0 radical (unpaired) electrons. The smallest absolute Gasteiger partial charge is 0.325 e. The molecule has 2 amide bonds. The number of carbonyl (C=O) groups excluding carboxylic acids is 1. The van der Waals surface area contributed by atoms with E-state index >= 15 is 0 Å². The van der Waals surface area contributed by atoms with Crippen molar-refractivity contribution in [3.8, 4) is 0 Å². The van der Waals surface area contributed by atoms with Crippen LogP contribution in [0.5, 0.6) is 0 Å². The topological polar surface area (TPSA) is 69.3 Å². The van der Waals surface area contributed by atoms with E-state index in [2.05, 4.69) is 5.32 Å². The van der Waals surface area contributed by atoms with Gasteiger partial charge in [0.15, 0.2) is 12.5 Å². The highest BCUT2D eigenvalue weighted by Crippen LogP contribution is 2.18. The largest absolute Gasteiger partial charge is 0.357 e. The van der Waals surface area contributed by atoms with E-state index in [-0.39, 0.29) is 6.03 Å². The summed E-state index contributed by atoms with van der Waals surface area (Å²) >= 11 is 0. The normalized spacial score (nSPS) is 26.2. The fraction of sp³-hybridized carbons (Fsp3) is 0.875. The van der Waals surface area contributed by atoms with Crippen molar-refractivity contribution in [3.05, 3.63) is 0 Å². The molecule has 1 heterocycles. The first-order valence-corrected chi connectivity index (χ1v) is 4.39. The maximum Gasteiger partial charge on any atom is 0.325 e. The molecule has 1 fully saturated rings. The van der Waals surface area contributed by atoms with Gasteiger partial charge in [0.1, 0.15) is 0 Å². The maximum atomic E-state index is 11.6. The fourth-order valence-corrected chi connectivity index (χ4v) is 1.48. The Hall–Kier alpha value is -0.890. The number of methoxy groups -OCH3 is 4. The van der Waals surface area contributed by atoms with Crippen molar-refractivity contribution in [2.24, 2.45) is 0 Å². The molecule has 0 aromatic carbocycles. The number of ether oxygens (including phenoxy) is 4. The lowest BCUT2D eigenvalue weighted by molar-refractivity contribution is -0.223. The molecule has 1 aliphatic heterocycles. The Morgan fingerprint density at radius 1 is 1.20 bits per heavy atom. The predicted octanol–water partition coefficient (Wildman–Crippen LogP) is -0.467. The number of carbonyl (C=O) groups is 1. The van der Waals surface area contributed by atoms with Crippen LogP contribution in [0.4, 0.5) is 4.79 Å². The van der Waals surface area contributed by atoms with E-state index in [1.54, 1.807) is 0 Å². The first-order chi connectivity index (χ1) is 7.19. The molecule has 2 unspecified atom stereocenters. The van der Waals surface area contributed by atoms with Gasteiger partial charge in [0.2, 0.25) is 6.41 Å². The Labute approximate surface area is 88.2 Å². The summed E-state index contributed by atoms with van der Waals surface area (Å²) in [6, 6.07) is -0.359. The number of amides is 2. The van der Waals surface area contributed by atoms with Crippen molar-refractivity contribution in [2.45, 2.75) is 18.9 Å². The summed E-state index contributed by atoms with van der Waals surface area (Å²) in [4.78, 5) is 12.9. The van der Waals surface area contributed by atoms with E-state index in [4.69, 9.17) is 18.9 Å². The minimum absolute atomic E-state index is 0.359. The van der Waals surface area contributed by atoms with Gasteiger partial charge in [0, 0.05) is 28.4 Å². The van der Waals surface area contributed by atoms with Crippen molar-refractivity contribution in [1.82, 2.24) is 10.2 Å². The average Bonchev–Trinajstić information content (AvgIpc) is 2.57. The molecule has 1 saturated heterocycles. The van der Waals surface area contributed by atoms with Crippen LogP contribution in [0.1, 0.15) is 0 Å². The molecule has 0 aromatic heterocycles. The molecule has 1 rings (SSSR count). The van der Waals surface area contributed by atoms with Crippen LogP contribution in [0.2, 0.25) is 0 Å². The average molecular weight is 220 g/mol. The molecule has 88 valence electrons. The zero-order valence-corrected chi connectivity index (χ0v) is 9.22. The number of hydrogen-bond acceptors (Lipinski definition) is 5. The summed E-state index contributed by atoms with van der Waals surface area (Å²) < 4.78 is 20.2. The van der Waals surface area contributed by atoms with Gasteiger partial charge in [0.25, 0.3) is 0 Å². The zero-order chi connectivity index (χ0) is 11.4. The number of hydrogen-bond donors (Lipinski definition) is 1. The number of nitrogens with zero attached hydrogens (tertiary/aromatic N) is 1. The lowest BCUT2D eigenvalue weighted by atomic mass is 10.5. The Bertz CT molecular complexity index is 221. The Morgan fingerprint density at radius 2 is 1.80 bits per heavy atom. The monoisotopic (exact) mass is 220 g/mol. The highest BCUT2D eigenvalue weighted by Gasteiger charge is 2.44. The summed E-state index contributed by atoms with van der Waals surface area (Å²) in [7, 11) is 5.84. The van der Waals surface area contributed by atoms with Crippen molar-refractivity contribution in [2.75, 3.05) is 28.4 Å². The van der Waals surface area contributed by atoms with Gasteiger partial charge in [-0.3, -0.25) is 0 Å². The van der Waals surface area contributed by atoms with Crippen LogP contribution >= 0.6 is 0 Å². The van der Waals surface area contributed by atoms with Crippen LogP contribution in [0, 0.1) is 0 Å². The molecular weight excluding hydrogens is 204 g/mol. The van der Waals surface area contributed by atoms with Crippen molar-refractivity contribution < 1.29 is 23.7 Å². The van der Waals surface area contributed by atoms with E-state index in [1.165, 1.54) is 33.3 Å². The quantitative estimate of drug-likeness (QED) is 0.634. The van der Waals surface area contributed by atoms with Gasteiger partial charge in [0.05, 0.1) is 0 Å². The standard InChI is InChI=1S/C8H16N2O5/c1-12-5-6(13-2)10(7(11)9-5)8(14-3)15-4/h5-6,8H,1-4H3,(H,9,11). The van der Waals surface area contributed by atoms with Gasteiger partial charge in [-0.25, -0.2) is 9.69 Å². The molecule has 1 N–H and O–H groups in total. The summed E-state index contributed by atoms with van der Waals surface area (Å²) in [5, 5.41) is 2.58. The second-order valence-electron chi connectivity index (χ2n) is 2.92. The van der Waals surface area contributed by atoms with Gasteiger partial charge in [-0.15, -0.1) is 0 Å². The van der Waals surface area contributed by atoms with Crippen molar-refractivity contribution >= 4 is 6.03 Å². The lowest BCUT2D eigenvalue weighted by Crippen LogP contribution is -2.47. The van der Waals surface area contributed by atoms with E-state index in [1.807, 2.05) is 0 Å². The third-order valence-corrected chi connectivity index (χ3v) is 2.16. The molecule has 0 spiro atoms. The van der Waals surface area contributed by atoms with Crippen LogP contribution in [0.25, 0.3) is 0 Å². The number of rotatable bonds is 5.